The standard InChI is InChI=1S/C16H17FN4O/c17-13-6-2-3-7-14(13)20-16-18-10-12(11-19-16)15(22)21-8-4-1-5-9-21/h2-3,6-7,10-11H,1,4-5,8-9H2,(H,18,19,20). The second-order valence-corrected chi connectivity index (χ2v) is 5.25. The van der Waals surface area contributed by atoms with Crippen LogP contribution in [-0.4, -0.2) is 33.9 Å². The van der Waals surface area contributed by atoms with Crippen LogP contribution in [0.25, 0.3) is 0 Å². The maximum atomic E-state index is 13.5. The molecule has 0 spiro atoms. The summed E-state index contributed by atoms with van der Waals surface area (Å²) in [4.78, 5) is 22.3. The maximum Gasteiger partial charge on any atom is 0.256 e. The van der Waals surface area contributed by atoms with E-state index in [1.807, 2.05) is 4.90 Å². The van der Waals surface area contributed by atoms with Gasteiger partial charge in [0.15, 0.2) is 0 Å². The largest absolute Gasteiger partial charge is 0.339 e. The Morgan fingerprint density at radius 1 is 1.09 bits per heavy atom. The molecule has 0 saturated carbocycles. The normalized spacial score (nSPS) is 14.7. The average molecular weight is 300 g/mol. The number of hydrogen-bond acceptors (Lipinski definition) is 4. The van der Waals surface area contributed by atoms with E-state index < -0.39 is 0 Å². The highest BCUT2D eigenvalue weighted by Gasteiger charge is 2.18. The average Bonchev–Trinajstić information content (AvgIpc) is 2.58. The quantitative estimate of drug-likeness (QED) is 0.946. The number of likely N-dealkylation sites (tertiary alicyclic amines) is 1. The first-order chi connectivity index (χ1) is 10.7. The van der Waals surface area contributed by atoms with Crippen molar-refractivity contribution in [2.24, 2.45) is 0 Å². The summed E-state index contributed by atoms with van der Waals surface area (Å²) in [5.74, 6) is -0.156. The van der Waals surface area contributed by atoms with Crippen molar-refractivity contribution < 1.29 is 9.18 Å². The highest BCUT2D eigenvalue weighted by Crippen LogP contribution is 2.17. The van der Waals surface area contributed by atoms with Gasteiger partial charge in [-0.2, -0.15) is 0 Å². The van der Waals surface area contributed by atoms with Crippen molar-refractivity contribution in [3.05, 3.63) is 48.0 Å². The number of carbonyl (C=O) groups excluding carboxylic acids is 1. The molecular weight excluding hydrogens is 283 g/mol. The molecule has 3 rings (SSSR count). The monoisotopic (exact) mass is 300 g/mol. The molecule has 6 heteroatoms. The van der Waals surface area contributed by atoms with E-state index in [1.165, 1.54) is 24.9 Å². The van der Waals surface area contributed by atoms with Gasteiger partial charge in [-0.05, 0) is 31.4 Å². The molecule has 22 heavy (non-hydrogen) atoms. The summed E-state index contributed by atoms with van der Waals surface area (Å²) in [6.07, 6.45) is 6.21. The Hall–Kier alpha value is -2.50. The number of rotatable bonds is 3. The summed E-state index contributed by atoms with van der Waals surface area (Å²) in [7, 11) is 0. The van der Waals surface area contributed by atoms with Gasteiger partial charge < -0.3 is 10.2 Å². The Morgan fingerprint density at radius 2 is 1.77 bits per heavy atom. The summed E-state index contributed by atoms with van der Waals surface area (Å²) in [5.41, 5.74) is 0.763. The van der Waals surface area contributed by atoms with Crippen LogP contribution < -0.4 is 5.32 Å². The molecular formula is C16H17FN4O. The topological polar surface area (TPSA) is 58.1 Å². The Labute approximate surface area is 128 Å². The number of anilines is 2. The van der Waals surface area contributed by atoms with Gasteiger partial charge in [0.25, 0.3) is 5.91 Å². The SMILES string of the molecule is O=C(c1cnc(Nc2ccccc2F)nc1)N1CCCCC1. The van der Waals surface area contributed by atoms with Crippen LogP contribution in [-0.2, 0) is 0 Å². The Balaban J connectivity index is 1.70. The maximum absolute atomic E-state index is 13.5. The number of amides is 1. The second kappa shape index (κ2) is 6.51. The summed E-state index contributed by atoms with van der Waals surface area (Å²) in [5, 5.41) is 2.80. The van der Waals surface area contributed by atoms with Gasteiger partial charge in [0, 0.05) is 25.5 Å². The van der Waals surface area contributed by atoms with Gasteiger partial charge in [0.05, 0.1) is 11.3 Å². The minimum absolute atomic E-state index is 0.0443. The first kappa shape index (κ1) is 14.4. The zero-order chi connectivity index (χ0) is 15.4. The number of benzene rings is 1. The van der Waals surface area contributed by atoms with E-state index in [-0.39, 0.29) is 17.7 Å². The summed E-state index contributed by atoms with van der Waals surface area (Å²) in [6, 6.07) is 6.30. The highest BCUT2D eigenvalue weighted by atomic mass is 19.1. The van der Waals surface area contributed by atoms with Gasteiger partial charge in [0.2, 0.25) is 5.95 Å². The van der Waals surface area contributed by atoms with E-state index in [9.17, 15) is 9.18 Å². The summed E-state index contributed by atoms with van der Waals surface area (Å²) >= 11 is 0. The van der Waals surface area contributed by atoms with Crippen molar-refractivity contribution in [3.8, 4) is 0 Å². The van der Waals surface area contributed by atoms with E-state index in [4.69, 9.17) is 0 Å². The van der Waals surface area contributed by atoms with Crippen molar-refractivity contribution in [1.82, 2.24) is 14.9 Å². The Bertz CT molecular complexity index is 653. The molecule has 1 aliphatic heterocycles. The minimum Gasteiger partial charge on any atom is -0.339 e. The molecule has 2 aromatic rings. The molecule has 0 radical (unpaired) electrons. The smallest absolute Gasteiger partial charge is 0.256 e. The minimum atomic E-state index is -0.375. The molecule has 114 valence electrons. The lowest BCUT2D eigenvalue weighted by atomic mass is 10.1. The molecule has 0 bridgehead atoms. The molecule has 2 heterocycles. The summed E-state index contributed by atoms with van der Waals surface area (Å²) < 4.78 is 13.5. The van der Waals surface area contributed by atoms with E-state index in [2.05, 4.69) is 15.3 Å². The van der Waals surface area contributed by atoms with Crippen LogP contribution >= 0.6 is 0 Å². The fourth-order valence-corrected chi connectivity index (χ4v) is 2.47. The number of nitrogens with zero attached hydrogens (tertiary/aromatic N) is 3. The molecule has 0 aliphatic carbocycles. The van der Waals surface area contributed by atoms with Crippen molar-refractivity contribution >= 4 is 17.5 Å². The lowest BCUT2D eigenvalue weighted by Gasteiger charge is -2.26. The van der Waals surface area contributed by atoms with Crippen LogP contribution in [0.2, 0.25) is 0 Å². The number of aromatic nitrogens is 2. The van der Waals surface area contributed by atoms with Crippen molar-refractivity contribution in [2.45, 2.75) is 19.3 Å². The molecule has 1 fully saturated rings. The fourth-order valence-electron chi connectivity index (χ4n) is 2.47. The first-order valence-electron chi connectivity index (χ1n) is 7.37. The lowest BCUT2D eigenvalue weighted by molar-refractivity contribution is 0.0723. The van der Waals surface area contributed by atoms with E-state index >= 15 is 0 Å². The van der Waals surface area contributed by atoms with Crippen LogP contribution in [0.1, 0.15) is 29.6 Å². The second-order valence-electron chi connectivity index (χ2n) is 5.25. The summed E-state index contributed by atoms with van der Waals surface area (Å²) in [6.45, 7) is 1.57. The molecule has 1 amide bonds. The van der Waals surface area contributed by atoms with Crippen LogP contribution in [0.5, 0.6) is 0 Å². The molecule has 1 saturated heterocycles. The van der Waals surface area contributed by atoms with Crippen molar-refractivity contribution in [3.63, 3.8) is 0 Å². The van der Waals surface area contributed by atoms with Crippen LogP contribution in [0, 0.1) is 5.82 Å². The molecule has 0 unspecified atom stereocenters. The Kier molecular flexibility index (Phi) is 4.27. The van der Waals surface area contributed by atoms with Gasteiger partial charge in [0.1, 0.15) is 5.82 Å². The highest BCUT2D eigenvalue weighted by molar-refractivity contribution is 5.93. The van der Waals surface area contributed by atoms with Crippen LogP contribution in [0.15, 0.2) is 36.7 Å². The third-order valence-electron chi connectivity index (χ3n) is 3.66. The zero-order valence-electron chi connectivity index (χ0n) is 12.1. The number of halogens is 1. The predicted octanol–water partition coefficient (Wildman–Crippen LogP) is 2.99. The van der Waals surface area contributed by atoms with Gasteiger partial charge in [-0.25, -0.2) is 14.4 Å². The molecule has 1 N–H and O–H groups in total. The zero-order valence-corrected chi connectivity index (χ0v) is 12.1. The number of para-hydroxylation sites is 1. The van der Waals surface area contributed by atoms with E-state index in [0.29, 0.717) is 11.3 Å². The third kappa shape index (κ3) is 3.21. The third-order valence-corrected chi connectivity index (χ3v) is 3.66. The molecule has 1 aromatic heterocycles. The van der Waals surface area contributed by atoms with Crippen molar-refractivity contribution in [2.75, 3.05) is 18.4 Å². The fraction of sp³-hybridized carbons (Fsp3) is 0.312. The molecule has 5 nitrogen and oxygen atoms in total. The van der Waals surface area contributed by atoms with Crippen LogP contribution in [0.4, 0.5) is 16.0 Å². The predicted molar refractivity (Wildman–Crippen MR) is 81.5 cm³/mol. The molecule has 0 atom stereocenters. The van der Waals surface area contributed by atoms with E-state index in [0.717, 1.165) is 25.9 Å². The molecule has 1 aromatic carbocycles. The Morgan fingerprint density at radius 3 is 2.45 bits per heavy atom. The molecule has 1 aliphatic rings. The van der Waals surface area contributed by atoms with Crippen LogP contribution in [0.3, 0.4) is 0 Å². The van der Waals surface area contributed by atoms with Gasteiger partial charge >= 0.3 is 0 Å². The lowest BCUT2D eigenvalue weighted by Crippen LogP contribution is -2.35. The number of carbonyl (C=O) groups is 1. The number of nitrogens with one attached hydrogen (secondary N) is 1. The van der Waals surface area contributed by atoms with Crippen molar-refractivity contribution in [1.29, 1.82) is 0 Å². The first-order valence-corrected chi connectivity index (χ1v) is 7.37. The van der Waals surface area contributed by atoms with Gasteiger partial charge in [-0.3, -0.25) is 4.79 Å². The van der Waals surface area contributed by atoms with E-state index in [1.54, 1.807) is 18.2 Å². The van der Waals surface area contributed by atoms with Gasteiger partial charge in [-0.15, -0.1) is 0 Å². The number of hydrogen-bond donors (Lipinski definition) is 1. The van der Waals surface area contributed by atoms with Gasteiger partial charge in [-0.1, -0.05) is 12.1 Å². The number of piperidine rings is 1.